The molecule has 0 aliphatic heterocycles. The van der Waals surface area contributed by atoms with E-state index in [2.05, 4.69) is 149 Å². The Morgan fingerprint density at radius 2 is 1.09 bits per heavy atom. The quantitative estimate of drug-likeness (QED) is 0.217. The van der Waals surface area contributed by atoms with Crippen LogP contribution in [-0.4, -0.2) is 19.4 Å². The van der Waals surface area contributed by atoms with Crippen LogP contribution in [-0.2, 0) is 0 Å². The van der Waals surface area contributed by atoms with Gasteiger partial charge in [-0.2, -0.15) is 0 Å². The molecule has 1 N–H and O–H groups in total. The molecule has 0 atom stereocenters. The average Bonchev–Trinajstić information content (AvgIpc) is 3.64. The highest BCUT2D eigenvalue weighted by Crippen LogP contribution is 2.35. The summed E-state index contributed by atoms with van der Waals surface area (Å²) in [7, 11) is 0. The number of aromatic amines is 1. The molecule has 0 aliphatic rings. The molecular weight excluding hydrogens is 536 g/mol. The second-order valence-corrected chi connectivity index (χ2v) is 11.5. The van der Waals surface area contributed by atoms with Crippen LogP contribution in [0.25, 0.3) is 93.1 Å². The Hall–Kier alpha value is -6.00. The highest BCUT2D eigenvalue weighted by molar-refractivity contribution is 6.21. The summed E-state index contributed by atoms with van der Waals surface area (Å²) < 4.78 is 2.32. The number of benzene rings is 5. The van der Waals surface area contributed by atoms with Crippen LogP contribution in [0.4, 0.5) is 0 Å². The van der Waals surface area contributed by atoms with Crippen molar-refractivity contribution in [3.8, 4) is 11.1 Å². The van der Waals surface area contributed by atoms with E-state index in [-0.39, 0.29) is 0 Å². The van der Waals surface area contributed by atoms with Gasteiger partial charge in [-0.1, -0.05) is 91.0 Å². The summed E-state index contributed by atoms with van der Waals surface area (Å²) in [5, 5.41) is 7.91. The van der Waals surface area contributed by atoms with Crippen LogP contribution in [0.15, 0.2) is 140 Å². The average molecular weight is 561 g/mol. The van der Waals surface area contributed by atoms with Crippen molar-refractivity contribution < 1.29 is 0 Å². The van der Waals surface area contributed by atoms with Gasteiger partial charge in [0.2, 0.25) is 0 Å². The third kappa shape index (κ3) is 3.28. The summed E-state index contributed by atoms with van der Waals surface area (Å²) in [6.07, 6.45) is 0. The Labute approximate surface area is 251 Å². The zero-order chi connectivity index (χ0) is 28.8. The third-order valence-electron chi connectivity index (χ3n) is 9.07. The molecule has 44 heavy (non-hydrogen) atoms. The van der Waals surface area contributed by atoms with Crippen molar-refractivity contribution >= 4 is 82.0 Å². The maximum Gasteiger partial charge on any atom is 0.146 e. The monoisotopic (exact) mass is 560 g/mol. The molecule has 0 unspecified atom stereocenters. The molecule has 5 aromatic carbocycles. The molecule has 0 fully saturated rings. The summed E-state index contributed by atoms with van der Waals surface area (Å²) in [5.74, 6) is 0. The number of nitrogens with zero attached hydrogens (tertiary/aromatic N) is 3. The van der Waals surface area contributed by atoms with Crippen LogP contribution in [0.3, 0.4) is 0 Å². The summed E-state index contributed by atoms with van der Waals surface area (Å²) in [6, 6.07) is 49.7. The predicted octanol–water partition coefficient (Wildman–Crippen LogP) is 10.4. The number of hydrogen-bond donors (Lipinski definition) is 1. The lowest BCUT2D eigenvalue weighted by Crippen LogP contribution is -1.89. The first kappa shape index (κ1) is 23.6. The van der Waals surface area contributed by atoms with Gasteiger partial charge in [-0.05, 0) is 59.7 Å². The van der Waals surface area contributed by atoms with Crippen molar-refractivity contribution in [1.29, 1.82) is 0 Å². The Bertz CT molecular complexity index is 2820. The molecule has 10 rings (SSSR count). The van der Waals surface area contributed by atoms with E-state index < -0.39 is 0 Å². The normalized spacial score (nSPS) is 12.1. The Morgan fingerprint density at radius 1 is 0.432 bits per heavy atom. The number of hydrogen-bond acceptors (Lipinski definition) is 2. The van der Waals surface area contributed by atoms with Crippen molar-refractivity contribution in [2.45, 2.75) is 0 Å². The van der Waals surface area contributed by atoms with E-state index >= 15 is 0 Å². The predicted molar refractivity (Wildman–Crippen MR) is 184 cm³/mol. The lowest BCUT2D eigenvalue weighted by molar-refractivity contribution is 1.27. The maximum absolute atomic E-state index is 5.43. The van der Waals surface area contributed by atoms with Crippen LogP contribution < -0.4 is 0 Å². The zero-order valence-corrected chi connectivity index (χ0v) is 23.6. The SMILES string of the molecule is c1ccc(-c2cc3cc(c2)n2c4ccccc4c4ccc(nc42)c2cccc4c5cccc(c6cccc3n6)c5[nH]c24)cc1. The van der Waals surface area contributed by atoms with E-state index in [4.69, 9.17) is 9.97 Å². The van der Waals surface area contributed by atoms with Gasteiger partial charge in [-0.25, -0.2) is 9.97 Å². The minimum absolute atomic E-state index is 0.930. The molecule has 5 aromatic heterocycles. The lowest BCUT2D eigenvalue weighted by Gasteiger charge is -2.07. The van der Waals surface area contributed by atoms with E-state index in [0.29, 0.717) is 0 Å². The van der Waals surface area contributed by atoms with Gasteiger partial charge in [0.25, 0.3) is 0 Å². The second kappa shape index (κ2) is 8.76. The number of pyridine rings is 2. The summed E-state index contributed by atoms with van der Waals surface area (Å²) >= 11 is 0. The summed E-state index contributed by atoms with van der Waals surface area (Å²) in [4.78, 5) is 14.5. The number of fused-ring (bicyclic) bond motifs is 13. The van der Waals surface area contributed by atoms with Gasteiger partial charge in [0.1, 0.15) is 5.65 Å². The maximum atomic E-state index is 5.43. The van der Waals surface area contributed by atoms with Gasteiger partial charge in [0.05, 0.1) is 33.1 Å². The lowest BCUT2D eigenvalue weighted by atomic mass is 10.0. The molecule has 0 saturated heterocycles. The fourth-order valence-corrected chi connectivity index (χ4v) is 7.06. The number of para-hydroxylation sites is 3. The number of aromatic nitrogens is 4. The fourth-order valence-electron chi connectivity index (χ4n) is 7.06. The van der Waals surface area contributed by atoms with Gasteiger partial charge in [-0.3, -0.25) is 4.40 Å². The molecule has 0 amide bonds. The summed E-state index contributed by atoms with van der Waals surface area (Å²) in [6.45, 7) is 0. The first-order chi connectivity index (χ1) is 21.8. The number of nitrogens with one attached hydrogen (secondary N) is 1. The molecule has 4 nitrogen and oxygen atoms in total. The first-order valence-electron chi connectivity index (χ1n) is 14.9. The minimum Gasteiger partial charge on any atom is -0.353 e. The molecule has 0 spiro atoms. The fraction of sp³-hybridized carbons (Fsp3) is 0. The topological polar surface area (TPSA) is 46.0 Å². The highest BCUT2D eigenvalue weighted by atomic mass is 15.0. The Kier molecular flexibility index (Phi) is 4.69. The molecule has 8 bridgehead atoms. The van der Waals surface area contributed by atoms with Gasteiger partial charge >= 0.3 is 0 Å². The molecule has 0 radical (unpaired) electrons. The second-order valence-electron chi connectivity index (χ2n) is 11.5. The van der Waals surface area contributed by atoms with Gasteiger partial charge in [0, 0.05) is 43.2 Å². The standard InChI is InChI=1S/C40H24N4/c1-2-9-24(10-3-1)25-21-26-23-27(22-25)44-37-18-5-4-11-28(37)31-19-20-36(42-40(31)44)33-15-7-13-30-29-12-6-14-32(38(29)43-39(30)33)35-17-8-16-34(26)41-35/h1-23,43H. The molecular formula is C40H24N4. The van der Waals surface area contributed by atoms with Gasteiger partial charge in [0.15, 0.2) is 0 Å². The van der Waals surface area contributed by atoms with E-state index in [1.54, 1.807) is 0 Å². The van der Waals surface area contributed by atoms with E-state index in [9.17, 15) is 0 Å². The van der Waals surface area contributed by atoms with Crippen molar-refractivity contribution in [2.75, 3.05) is 0 Å². The molecule has 0 saturated carbocycles. The van der Waals surface area contributed by atoms with Crippen LogP contribution in [0.5, 0.6) is 0 Å². The van der Waals surface area contributed by atoms with Gasteiger partial charge in [-0.15, -0.1) is 0 Å². The molecule has 0 aliphatic carbocycles. The van der Waals surface area contributed by atoms with Crippen LogP contribution >= 0.6 is 0 Å². The van der Waals surface area contributed by atoms with Crippen molar-refractivity contribution in [3.63, 3.8) is 0 Å². The van der Waals surface area contributed by atoms with Crippen LogP contribution in [0, 0.1) is 0 Å². The highest BCUT2D eigenvalue weighted by Gasteiger charge is 2.14. The zero-order valence-electron chi connectivity index (χ0n) is 23.6. The van der Waals surface area contributed by atoms with Crippen molar-refractivity contribution in [3.05, 3.63) is 140 Å². The smallest absolute Gasteiger partial charge is 0.146 e. The Balaban J connectivity index is 1.54. The molecule has 204 valence electrons. The van der Waals surface area contributed by atoms with E-state index in [1.807, 2.05) is 0 Å². The summed E-state index contributed by atoms with van der Waals surface area (Å²) in [5.41, 5.74) is 10.4. The minimum atomic E-state index is 0.930. The van der Waals surface area contributed by atoms with Crippen molar-refractivity contribution in [2.24, 2.45) is 0 Å². The molecule has 10 aromatic rings. The Morgan fingerprint density at radius 3 is 1.91 bits per heavy atom. The van der Waals surface area contributed by atoms with Crippen LogP contribution in [0.1, 0.15) is 0 Å². The molecule has 4 heteroatoms. The first-order valence-corrected chi connectivity index (χ1v) is 14.9. The van der Waals surface area contributed by atoms with E-state index in [1.165, 1.54) is 16.2 Å². The van der Waals surface area contributed by atoms with Gasteiger partial charge < -0.3 is 4.98 Å². The van der Waals surface area contributed by atoms with Crippen LogP contribution in [0.2, 0.25) is 0 Å². The third-order valence-corrected chi connectivity index (χ3v) is 9.07. The largest absolute Gasteiger partial charge is 0.353 e. The number of H-pyrrole nitrogens is 1. The van der Waals surface area contributed by atoms with E-state index in [0.717, 1.165) is 76.9 Å². The number of rotatable bonds is 1. The van der Waals surface area contributed by atoms with Crippen molar-refractivity contribution in [1.82, 2.24) is 19.4 Å². The molecule has 5 heterocycles.